The second kappa shape index (κ2) is 7.67. The molecule has 4 rings (SSSR count). The van der Waals surface area contributed by atoms with E-state index in [2.05, 4.69) is 31.2 Å². The lowest BCUT2D eigenvalue weighted by Crippen LogP contribution is -2.43. The Morgan fingerprint density at radius 2 is 2.00 bits per heavy atom. The molecule has 0 aliphatic carbocycles. The molecule has 0 saturated carbocycles. The van der Waals surface area contributed by atoms with Crippen molar-refractivity contribution in [3.63, 3.8) is 0 Å². The average Bonchev–Trinajstić information content (AvgIpc) is 3.17. The largest absolute Gasteiger partial charge is 0.478 e. The van der Waals surface area contributed by atoms with E-state index in [1.807, 2.05) is 0 Å². The minimum atomic E-state index is -1.05. The Morgan fingerprint density at radius 1 is 1.24 bits per heavy atom. The number of rotatable bonds is 3. The van der Waals surface area contributed by atoms with E-state index in [0.29, 0.717) is 34.4 Å². The van der Waals surface area contributed by atoms with Gasteiger partial charge in [-0.05, 0) is 36.4 Å². The quantitative estimate of drug-likeness (QED) is 0.547. The number of halogens is 2. The summed E-state index contributed by atoms with van der Waals surface area (Å²) < 4.78 is 15.3. The molecule has 1 atom stereocenters. The molecular weight excluding hydrogens is 443 g/mol. The van der Waals surface area contributed by atoms with E-state index >= 15 is 0 Å². The van der Waals surface area contributed by atoms with E-state index in [-0.39, 0.29) is 5.56 Å². The first-order valence-electron chi connectivity index (χ1n) is 8.82. The van der Waals surface area contributed by atoms with E-state index < -0.39 is 23.9 Å². The molecule has 3 N–H and O–H groups in total. The maximum atomic E-state index is 14.7. The third-order valence-corrected chi connectivity index (χ3v) is 5.32. The summed E-state index contributed by atoms with van der Waals surface area (Å²) in [4.78, 5) is 32.9. The highest BCUT2D eigenvalue weighted by Crippen LogP contribution is 2.35. The van der Waals surface area contributed by atoms with E-state index in [4.69, 9.17) is 5.11 Å². The van der Waals surface area contributed by atoms with Crippen molar-refractivity contribution in [2.75, 3.05) is 11.9 Å². The fraction of sp³-hybridized carbons (Fsp3) is 0.150. The average molecular weight is 459 g/mol. The van der Waals surface area contributed by atoms with Gasteiger partial charge in [-0.3, -0.25) is 0 Å². The molecule has 0 unspecified atom stereocenters. The topological polar surface area (TPSA) is 98.3 Å². The van der Waals surface area contributed by atoms with Crippen LogP contribution in [0.1, 0.15) is 33.4 Å². The third-order valence-electron chi connectivity index (χ3n) is 4.83. The number of H-pyrrole nitrogens is 1. The Morgan fingerprint density at radius 3 is 2.69 bits per heavy atom. The molecule has 7 nitrogen and oxygen atoms in total. The number of aromatic nitrogens is 2. The standard InChI is InChI=1S/C20H16BrFN4O3/c21-12-3-6-14(15(22)9-12)18-17-16(23-10-24-17)7-8-26(18)20(29)25-13-4-1-11(2-5-13)19(27)28/h1-6,9-10,18H,7-8H2,(H,23,24)(H,25,29)(H,27,28)/t18-/m0/s1. The molecule has 0 saturated heterocycles. The molecule has 1 aromatic heterocycles. The van der Waals surface area contributed by atoms with Gasteiger partial charge in [-0.1, -0.05) is 22.0 Å². The monoisotopic (exact) mass is 458 g/mol. The van der Waals surface area contributed by atoms with Crippen LogP contribution in [0.5, 0.6) is 0 Å². The summed E-state index contributed by atoms with van der Waals surface area (Å²) in [6.07, 6.45) is 2.11. The van der Waals surface area contributed by atoms with Crippen LogP contribution in [0.25, 0.3) is 0 Å². The molecule has 2 heterocycles. The Bertz CT molecular complexity index is 1080. The number of carboxylic acids is 1. The van der Waals surface area contributed by atoms with Crippen LogP contribution >= 0.6 is 15.9 Å². The Hall–Kier alpha value is -3.20. The molecule has 2 amide bonds. The predicted molar refractivity (Wildman–Crippen MR) is 107 cm³/mol. The van der Waals surface area contributed by atoms with Crippen LogP contribution in [0.3, 0.4) is 0 Å². The first-order valence-corrected chi connectivity index (χ1v) is 9.61. The molecule has 9 heteroatoms. The van der Waals surface area contributed by atoms with Gasteiger partial charge >= 0.3 is 12.0 Å². The summed E-state index contributed by atoms with van der Waals surface area (Å²) in [6, 6.07) is 9.45. The van der Waals surface area contributed by atoms with Gasteiger partial charge in [0.05, 0.1) is 17.6 Å². The number of benzene rings is 2. The highest BCUT2D eigenvalue weighted by Gasteiger charge is 2.35. The maximum absolute atomic E-state index is 14.7. The summed E-state index contributed by atoms with van der Waals surface area (Å²) >= 11 is 3.25. The predicted octanol–water partition coefficient (Wildman–Crippen LogP) is 4.19. The fourth-order valence-electron chi connectivity index (χ4n) is 3.43. The minimum absolute atomic E-state index is 0.122. The van der Waals surface area contributed by atoms with Crippen molar-refractivity contribution in [3.05, 3.63) is 81.6 Å². The second-order valence-corrected chi connectivity index (χ2v) is 7.51. The number of aromatic carboxylic acids is 1. The molecule has 1 aliphatic rings. The molecule has 1 aliphatic heterocycles. The van der Waals surface area contributed by atoms with Gasteiger partial charge in [-0.15, -0.1) is 0 Å². The van der Waals surface area contributed by atoms with Gasteiger partial charge in [-0.2, -0.15) is 0 Å². The second-order valence-electron chi connectivity index (χ2n) is 6.59. The van der Waals surface area contributed by atoms with Gasteiger partial charge in [0.15, 0.2) is 0 Å². The molecular formula is C20H16BrFN4O3. The van der Waals surface area contributed by atoms with Crippen LogP contribution < -0.4 is 5.32 Å². The number of anilines is 1. The summed E-state index contributed by atoms with van der Waals surface area (Å²) in [6.45, 7) is 0.369. The van der Waals surface area contributed by atoms with E-state index in [9.17, 15) is 14.0 Å². The van der Waals surface area contributed by atoms with Crippen LogP contribution in [0, 0.1) is 5.82 Å². The number of hydrogen-bond donors (Lipinski definition) is 3. The van der Waals surface area contributed by atoms with Gasteiger partial charge in [0, 0.05) is 34.4 Å². The molecule has 0 fully saturated rings. The van der Waals surface area contributed by atoms with Crippen molar-refractivity contribution in [3.8, 4) is 0 Å². The zero-order valence-corrected chi connectivity index (χ0v) is 16.6. The van der Waals surface area contributed by atoms with Crippen molar-refractivity contribution in [2.24, 2.45) is 0 Å². The molecule has 2 aromatic carbocycles. The molecule has 148 valence electrons. The number of carbonyl (C=O) groups excluding carboxylic acids is 1. The number of fused-ring (bicyclic) bond motifs is 1. The Balaban J connectivity index is 1.65. The number of hydrogen-bond acceptors (Lipinski definition) is 3. The van der Waals surface area contributed by atoms with Crippen LogP contribution in [0.2, 0.25) is 0 Å². The third kappa shape index (κ3) is 3.73. The number of nitrogens with one attached hydrogen (secondary N) is 2. The molecule has 3 aromatic rings. The number of aromatic amines is 1. The zero-order chi connectivity index (χ0) is 20.5. The van der Waals surface area contributed by atoms with E-state index in [1.54, 1.807) is 18.5 Å². The molecule has 0 spiro atoms. The van der Waals surface area contributed by atoms with Crippen molar-refractivity contribution >= 4 is 33.6 Å². The highest BCUT2D eigenvalue weighted by atomic mass is 79.9. The number of carbonyl (C=O) groups is 2. The van der Waals surface area contributed by atoms with Crippen LogP contribution in [-0.2, 0) is 6.42 Å². The van der Waals surface area contributed by atoms with Gasteiger partial charge < -0.3 is 20.3 Å². The lowest BCUT2D eigenvalue weighted by Gasteiger charge is -2.35. The van der Waals surface area contributed by atoms with Crippen molar-refractivity contribution in [2.45, 2.75) is 12.5 Å². The van der Waals surface area contributed by atoms with Gasteiger partial charge in [0.2, 0.25) is 0 Å². The molecule has 29 heavy (non-hydrogen) atoms. The van der Waals surface area contributed by atoms with Gasteiger partial charge in [0.1, 0.15) is 11.9 Å². The van der Waals surface area contributed by atoms with Crippen molar-refractivity contribution < 1.29 is 19.1 Å². The van der Waals surface area contributed by atoms with Gasteiger partial charge in [0.25, 0.3) is 0 Å². The summed E-state index contributed by atoms with van der Waals surface area (Å²) in [5.74, 6) is -1.49. The summed E-state index contributed by atoms with van der Waals surface area (Å²) in [5.41, 5.74) is 2.39. The summed E-state index contributed by atoms with van der Waals surface area (Å²) in [5, 5.41) is 11.8. The van der Waals surface area contributed by atoms with Crippen LogP contribution in [0.4, 0.5) is 14.9 Å². The SMILES string of the molecule is O=C(O)c1ccc(NC(=O)N2CCc3[nH]cnc3[C@@H]2c2ccc(Br)cc2F)cc1. The van der Waals surface area contributed by atoms with Crippen LogP contribution in [0.15, 0.2) is 53.3 Å². The number of imidazole rings is 1. The van der Waals surface area contributed by atoms with Crippen molar-refractivity contribution in [1.82, 2.24) is 14.9 Å². The fourth-order valence-corrected chi connectivity index (χ4v) is 3.76. The number of nitrogens with zero attached hydrogens (tertiary/aromatic N) is 2. The van der Waals surface area contributed by atoms with Crippen LogP contribution in [-0.4, -0.2) is 38.5 Å². The molecule has 0 radical (unpaired) electrons. The Labute approximate surface area is 173 Å². The maximum Gasteiger partial charge on any atom is 0.335 e. The normalized spacial score (nSPS) is 15.7. The summed E-state index contributed by atoms with van der Waals surface area (Å²) in [7, 11) is 0. The van der Waals surface area contributed by atoms with Crippen molar-refractivity contribution in [1.29, 1.82) is 0 Å². The van der Waals surface area contributed by atoms with E-state index in [1.165, 1.54) is 35.2 Å². The van der Waals surface area contributed by atoms with E-state index in [0.717, 1.165) is 5.69 Å². The smallest absolute Gasteiger partial charge is 0.335 e. The number of amides is 2. The number of carboxylic acid groups (broad SMARTS) is 1. The van der Waals surface area contributed by atoms with Gasteiger partial charge in [-0.25, -0.2) is 19.0 Å². The zero-order valence-electron chi connectivity index (χ0n) is 15.0. The number of urea groups is 1. The minimum Gasteiger partial charge on any atom is -0.478 e. The lowest BCUT2D eigenvalue weighted by atomic mass is 9.95. The first kappa shape index (κ1) is 19.1. The molecule has 0 bridgehead atoms. The highest BCUT2D eigenvalue weighted by molar-refractivity contribution is 9.10. The first-order chi connectivity index (χ1) is 13.9. The Kier molecular flexibility index (Phi) is 5.06. The lowest BCUT2D eigenvalue weighted by molar-refractivity contribution is 0.0697.